The van der Waals surface area contributed by atoms with Gasteiger partial charge in [0, 0.05) is 44.4 Å². The Morgan fingerprint density at radius 2 is 1.68 bits per heavy atom. The monoisotopic (exact) mass is 458 g/mol. The number of amides is 2. The summed E-state index contributed by atoms with van der Waals surface area (Å²) in [7, 11) is 1.54. The number of nitrogens with zero attached hydrogens (tertiary/aromatic N) is 3. The summed E-state index contributed by atoms with van der Waals surface area (Å²) < 4.78 is 0. The number of aromatic nitrogens is 1. The van der Waals surface area contributed by atoms with Crippen molar-refractivity contribution in [3.63, 3.8) is 0 Å². The lowest BCUT2D eigenvalue weighted by atomic mass is 9.90. The summed E-state index contributed by atoms with van der Waals surface area (Å²) in [5.74, 6) is -0.0283. The molecule has 2 atom stereocenters. The van der Waals surface area contributed by atoms with E-state index in [9.17, 15) is 14.7 Å². The van der Waals surface area contributed by atoms with Crippen LogP contribution in [0.4, 0.5) is 4.79 Å². The number of nitrogens with one attached hydrogen (secondary N) is 1. The van der Waals surface area contributed by atoms with Crippen molar-refractivity contribution >= 4 is 12.0 Å². The van der Waals surface area contributed by atoms with Crippen molar-refractivity contribution in [3.05, 3.63) is 102 Å². The number of hydrogen-bond donors (Lipinski definition) is 2. The number of carbonyl (C=O) groups is 2. The summed E-state index contributed by atoms with van der Waals surface area (Å²) in [5.41, 5.74) is 3.06. The van der Waals surface area contributed by atoms with Crippen molar-refractivity contribution in [1.82, 2.24) is 20.1 Å². The average Bonchev–Trinajstić information content (AvgIpc) is 3.02. The highest BCUT2D eigenvalue weighted by Gasteiger charge is 2.35. The molecule has 0 aliphatic carbocycles. The third-order valence-electron chi connectivity index (χ3n) is 6.39. The van der Waals surface area contributed by atoms with E-state index in [-0.39, 0.29) is 11.8 Å². The lowest BCUT2D eigenvalue weighted by Gasteiger charge is -2.29. The van der Waals surface area contributed by atoms with Gasteiger partial charge >= 0.3 is 6.09 Å². The lowest BCUT2D eigenvalue weighted by molar-refractivity contribution is -0.132. The SMILES string of the molecule is CN(C(=O)O)C1CCN(CC(c2ccccc2)c2ccccc2)C(=O)C(Cc2ccccn2)N1. The standard InChI is InChI=1S/C27H30N4O3/c1-30(27(33)34)25-15-17-31(26(32)24(29-25)18-22-14-8-9-16-28-22)19-23(20-10-4-2-5-11-20)21-12-6-3-7-13-21/h2-14,16,23-25,29H,15,17-19H2,1H3,(H,33,34). The van der Waals surface area contributed by atoms with E-state index in [1.807, 2.05) is 59.5 Å². The number of carboxylic acid groups (broad SMARTS) is 1. The van der Waals surface area contributed by atoms with Crippen LogP contribution < -0.4 is 5.32 Å². The van der Waals surface area contributed by atoms with Gasteiger partial charge in [0.05, 0.1) is 12.2 Å². The van der Waals surface area contributed by atoms with Gasteiger partial charge in [-0.2, -0.15) is 0 Å². The second-order valence-corrected chi connectivity index (χ2v) is 8.60. The average molecular weight is 459 g/mol. The maximum Gasteiger partial charge on any atom is 0.408 e. The number of hydrogen-bond acceptors (Lipinski definition) is 4. The fourth-order valence-electron chi connectivity index (χ4n) is 4.48. The summed E-state index contributed by atoms with van der Waals surface area (Å²) >= 11 is 0. The molecule has 0 bridgehead atoms. The van der Waals surface area contributed by atoms with E-state index < -0.39 is 18.3 Å². The molecule has 4 rings (SSSR count). The maximum atomic E-state index is 13.8. The summed E-state index contributed by atoms with van der Waals surface area (Å²) in [6.45, 7) is 0.972. The molecule has 1 aliphatic heterocycles. The van der Waals surface area contributed by atoms with Crippen molar-refractivity contribution in [3.8, 4) is 0 Å². The predicted molar refractivity (Wildman–Crippen MR) is 130 cm³/mol. The van der Waals surface area contributed by atoms with Crippen LogP contribution in [0.5, 0.6) is 0 Å². The molecule has 176 valence electrons. The highest BCUT2D eigenvalue weighted by atomic mass is 16.4. The first-order chi connectivity index (χ1) is 16.5. The number of benzene rings is 2. The Hall–Kier alpha value is -3.71. The molecule has 1 fully saturated rings. The van der Waals surface area contributed by atoms with Gasteiger partial charge in [0.2, 0.25) is 5.91 Å². The quantitative estimate of drug-likeness (QED) is 0.565. The van der Waals surface area contributed by atoms with Crippen molar-refractivity contribution in [1.29, 1.82) is 0 Å². The molecular formula is C27H30N4O3. The Labute approximate surface area is 200 Å². The van der Waals surface area contributed by atoms with E-state index in [0.29, 0.717) is 25.9 Å². The largest absolute Gasteiger partial charge is 0.465 e. The molecule has 0 spiro atoms. The molecule has 2 unspecified atom stereocenters. The summed E-state index contributed by atoms with van der Waals surface area (Å²) in [6, 6.07) is 25.4. The molecule has 2 N–H and O–H groups in total. The van der Waals surface area contributed by atoms with Gasteiger partial charge in [-0.3, -0.25) is 20.0 Å². The third-order valence-corrected chi connectivity index (χ3v) is 6.39. The first kappa shape index (κ1) is 23.4. The highest BCUT2D eigenvalue weighted by molar-refractivity contribution is 5.83. The third kappa shape index (κ3) is 5.61. The molecule has 7 nitrogen and oxygen atoms in total. The first-order valence-electron chi connectivity index (χ1n) is 11.5. The first-order valence-corrected chi connectivity index (χ1v) is 11.5. The van der Waals surface area contributed by atoms with Crippen LogP contribution in [0.25, 0.3) is 0 Å². The molecule has 1 saturated heterocycles. The predicted octanol–water partition coefficient (Wildman–Crippen LogP) is 3.58. The van der Waals surface area contributed by atoms with E-state index in [4.69, 9.17) is 0 Å². The van der Waals surface area contributed by atoms with Crippen LogP contribution in [0.2, 0.25) is 0 Å². The zero-order valence-corrected chi connectivity index (χ0v) is 19.2. The summed E-state index contributed by atoms with van der Waals surface area (Å²) in [6.07, 6.45) is 1.11. The van der Waals surface area contributed by atoms with Crippen molar-refractivity contribution < 1.29 is 14.7 Å². The van der Waals surface area contributed by atoms with Crippen LogP contribution >= 0.6 is 0 Å². The molecule has 2 heterocycles. The van der Waals surface area contributed by atoms with E-state index in [1.165, 1.54) is 11.9 Å². The van der Waals surface area contributed by atoms with Gasteiger partial charge in [0.1, 0.15) is 0 Å². The van der Waals surface area contributed by atoms with Crippen LogP contribution in [0.15, 0.2) is 85.1 Å². The fourth-order valence-corrected chi connectivity index (χ4v) is 4.48. The molecule has 1 aliphatic rings. The molecule has 0 saturated carbocycles. The normalized spacial score (nSPS) is 18.5. The summed E-state index contributed by atoms with van der Waals surface area (Å²) in [4.78, 5) is 32.9. The minimum Gasteiger partial charge on any atom is -0.465 e. The summed E-state index contributed by atoms with van der Waals surface area (Å²) in [5, 5.41) is 12.8. The van der Waals surface area contributed by atoms with Crippen LogP contribution in [0.1, 0.15) is 29.2 Å². The zero-order valence-electron chi connectivity index (χ0n) is 19.2. The van der Waals surface area contributed by atoms with Crippen LogP contribution in [0.3, 0.4) is 0 Å². The topological polar surface area (TPSA) is 85.8 Å². The van der Waals surface area contributed by atoms with Crippen molar-refractivity contribution in [2.75, 3.05) is 20.1 Å². The smallest absolute Gasteiger partial charge is 0.408 e. The minimum absolute atomic E-state index is 0.00982. The van der Waals surface area contributed by atoms with Gasteiger partial charge < -0.3 is 10.0 Å². The Morgan fingerprint density at radius 1 is 1.06 bits per heavy atom. The maximum absolute atomic E-state index is 13.8. The molecule has 2 amide bonds. The highest BCUT2D eigenvalue weighted by Crippen LogP contribution is 2.27. The number of rotatable bonds is 7. The Morgan fingerprint density at radius 3 is 2.24 bits per heavy atom. The van der Waals surface area contributed by atoms with Crippen LogP contribution in [-0.4, -0.2) is 64.2 Å². The van der Waals surface area contributed by atoms with Gasteiger partial charge in [-0.1, -0.05) is 66.7 Å². The molecular weight excluding hydrogens is 428 g/mol. The molecule has 34 heavy (non-hydrogen) atoms. The molecule has 2 aromatic carbocycles. The Kier molecular flexibility index (Phi) is 7.54. The van der Waals surface area contributed by atoms with E-state index >= 15 is 0 Å². The Balaban J connectivity index is 1.63. The minimum atomic E-state index is -1.03. The van der Waals surface area contributed by atoms with Gasteiger partial charge in [-0.15, -0.1) is 0 Å². The van der Waals surface area contributed by atoms with Crippen molar-refractivity contribution in [2.45, 2.75) is 31.0 Å². The van der Waals surface area contributed by atoms with Crippen molar-refractivity contribution in [2.24, 2.45) is 0 Å². The van der Waals surface area contributed by atoms with Gasteiger partial charge in [-0.05, 0) is 29.7 Å². The van der Waals surface area contributed by atoms with Crippen LogP contribution in [0, 0.1) is 0 Å². The lowest BCUT2D eigenvalue weighted by Crippen LogP contribution is -2.53. The van der Waals surface area contributed by atoms with Gasteiger partial charge in [0.25, 0.3) is 0 Å². The van der Waals surface area contributed by atoms with E-state index in [1.54, 1.807) is 6.20 Å². The van der Waals surface area contributed by atoms with Crippen LogP contribution in [-0.2, 0) is 11.2 Å². The van der Waals surface area contributed by atoms with E-state index in [0.717, 1.165) is 16.8 Å². The second-order valence-electron chi connectivity index (χ2n) is 8.60. The molecule has 7 heteroatoms. The fraction of sp³-hybridized carbons (Fsp3) is 0.296. The van der Waals surface area contributed by atoms with Gasteiger partial charge in [-0.25, -0.2) is 4.79 Å². The van der Waals surface area contributed by atoms with E-state index in [2.05, 4.69) is 34.6 Å². The zero-order chi connectivity index (χ0) is 23.9. The molecule has 0 radical (unpaired) electrons. The number of carbonyl (C=O) groups excluding carboxylic acids is 1. The second kappa shape index (κ2) is 10.9. The number of pyridine rings is 1. The Bertz CT molecular complexity index is 1040. The molecule has 3 aromatic rings. The molecule has 1 aromatic heterocycles. The van der Waals surface area contributed by atoms with Gasteiger partial charge in [0.15, 0.2) is 0 Å².